The maximum Gasteiger partial charge on any atom is 0.225 e. The lowest BCUT2D eigenvalue weighted by molar-refractivity contribution is -0.131. The van der Waals surface area contributed by atoms with Gasteiger partial charge >= 0.3 is 0 Å². The first-order valence-corrected chi connectivity index (χ1v) is 6.91. The molecule has 2 aliphatic carbocycles. The quantitative estimate of drug-likeness (QED) is 0.668. The van der Waals surface area contributed by atoms with E-state index in [0.29, 0.717) is 17.7 Å². The van der Waals surface area contributed by atoms with Crippen molar-refractivity contribution >= 4 is 5.91 Å². The smallest absolute Gasteiger partial charge is 0.225 e. The zero-order valence-electron chi connectivity index (χ0n) is 10.8. The van der Waals surface area contributed by atoms with E-state index in [2.05, 4.69) is 31.2 Å². The fourth-order valence-electron chi connectivity index (χ4n) is 2.34. The minimum atomic E-state index is 0.348. The van der Waals surface area contributed by atoms with E-state index in [1.165, 1.54) is 19.3 Å². The molecule has 0 aromatic carbocycles. The van der Waals surface area contributed by atoms with Crippen LogP contribution in [0, 0.1) is 11.8 Å². The van der Waals surface area contributed by atoms with Crippen molar-refractivity contribution in [1.29, 1.82) is 0 Å². The van der Waals surface area contributed by atoms with Crippen LogP contribution in [0.3, 0.4) is 0 Å². The van der Waals surface area contributed by atoms with Crippen LogP contribution in [0.15, 0.2) is 24.3 Å². The first kappa shape index (κ1) is 12.4. The number of nitrogens with zero attached hydrogens (tertiary/aromatic N) is 1. The molecule has 2 nitrogen and oxygen atoms in total. The summed E-state index contributed by atoms with van der Waals surface area (Å²) in [6.07, 6.45) is 14.9. The number of allylic oxidation sites excluding steroid dienone is 3. The van der Waals surface area contributed by atoms with Gasteiger partial charge in [0.05, 0.1) is 0 Å². The molecular formula is C15H23NO. The van der Waals surface area contributed by atoms with Gasteiger partial charge in [-0.15, -0.1) is 0 Å². The molecule has 0 spiro atoms. The lowest BCUT2D eigenvalue weighted by Gasteiger charge is -2.19. The molecular weight excluding hydrogens is 210 g/mol. The van der Waals surface area contributed by atoms with Gasteiger partial charge in [0.1, 0.15) is 0 Å². The number of rotatable bonds is 5. The van der Waals surface area contributed by atoms with Crippen molar-refractivity contribution in [3.63, 3.8) is 0 Å². The van der Waals surface area contributed by atoms with Gasteiger partial charge in [0, 0.05) is 19.0 Å². The Hall–Kier alpha value is -1.05. The summed E-state index contributed by atoms with van der Waals surface area (Å²) in [7, 11) is 0. The van der Waals surface area contributed by atoms with Gasteiger partial charge in [0.2, 0.25) is 5.91 Å². The molecule has 1 amide bonds. The minimum Gasteiger partial charge on any atom is -0.339 e. The van der Waals surface area contributed by atoms with Crippen molar-refractivity contribution < 1.29 is 4.79 Å². The van der Waals surface area contributed by atoms with E-state index in [4.69, 9.17) is 0 Å². The van der Waals surface area contributed by atoms with E-state index >= 15 is 0 Å². The topological polar surface area (TPSA) is 20.3 Å². The highest BCUT2D eigenvalue weighted by atomic mass is 16.2. The van der Waals surface area contributed by atoms with Gasteiger partial charge in [-0.05, 0) is 44.9 Å². The molecule has 2 rings (SSSR count). The zero-order valence-corrected chi connectivity index (χ0v) is 10.8. The normalized spacial score (nSPS) is 24.2. The maximum absolute atomic E-state index is 11.9. The van der Waals surface area contributed by atoms with E-state index in [1.54, 1.807) is 0 Å². The van der Waals surface area contributed by atoms with Crippen LogP contribution in [0.1, 0.15) is 39.0 Å². The van der Waals surface area contributed by atoms with Crippen LogP contribution < -0.4 is 0 Å². The Morgan fingerprint density at radius 1 is 1.35 bits per heavy atom. The monoisotopic (exact) mass is 233 g/mol. The van der Waals surface area contributed by atoms with Gasteiger partial charge in [0.15, 0.2) is 0 Å². The number of hydrogen-bond acceptors (Lipinski definition) is 1. The Bertz CT molecular complexity index is 315. The summed E-state index contributed by atoms with van der Waals surface area (Å²) in [4.78, 5) is 13.9. The number of carbonyl (C=O) groups is 1. The molecule has 94 valence electrons. The van der Waals surface area contributed by atoms with Crippen LogP contribution in [0.25, 0.3) is 0 Å². The molecule has 17 heavy (non-hydrogen) atoms. The van der Waals surface area contributed by atoms with E-state index in [-0.39, 0.29) is 0 Å². The minimum absolute atomic E-state index is 0.348. The third-order valence-electron chi connectivity index (χ3n) is 3.66. The Balaban J connectivity index is 1.76. The van der Waals surface area contributed by atoms with Crippen molar-refractivity contribution in [2.75, 3.05) is 13.1 Å². The van der Waals surface area contributed by atoms with Gasteiger partial charge in [-0.2, -0.15) is 0 Å². The number of carbonyl (C=O) groups excluding carboxylic acids is 1. The molecule has 1 unspecified atom stereocenters. The van der Waals surface area contributed by atoms with Gasteiger partial charge in [-0.25, -0.2) is 0 Å². The van der Waals surface area contributed by atoms with Gasteiger partial charge < -0.3 is 4.90 Å². The molecule has 1 fully saturated rings. The lowest BCUT2D eigenvalue weighted by atomic mass is 9.94. The van der Waals surface area contributed by atoms with Crippen LogP contribution in [0.4, 0.5) is 0 Å². The van der Waals surface area contributed by atoms with Crippen molar-refractivity contribution in [3.05, 3.63) is 24.3 Å². The molecule has 0 saturated heterocycles. The molecule has 1 atom stereocenters. The van der Waals surface area contributed by atoms with Crippen molar-refractivity contribution in [2.24, 2.45) is 11.8 Å². The van der Waals surface area contributed by atoms with Crippen LogP contribution in [-0.2, 0) is 4.79 Å². The van der Waals surface area contributed by atoms with Crippen molar-refractivity contribution in [3.8, 4) is 0 Å². The third kappa shape index (κ3) is 3.72. The Morgan fingerprint density at radius 2 is 2.18 bits per heavy atom. The summed E-state index contributed by atoms with van der Waals surface area (Å²) in [6.45, 7) is 3.70. The Morgan fingerprint density at radius 3 is 2.76 bits per heavy atom. The average Bonchev–Trinajstić information content (AvgIpc) is 3.19. The summed E-state index contributed by atoms with van der Waals surface area (Å²) >= 11 is 0. The first-order chi connectivity index (χ1) is 8.31. The van der Waals surface area contributed by atoms with Crippen LogP contribution in [0.2, 0.25) is 0 Å². The molecule has 1 saturated carbocycles. The van der Waals surface area contributed by atoms with E-state index in [9.17, 15) is 4.79 Å². The second-order valence-electron chi connectivity index (χ2n) is 5.12. The summed E-state index contributed by atoms with van der Waals surface area (Å²) in [5.41, 5.74) is 0. The Kier molecular flexibility index (Phi) is 4.41. The zero-order chi connectivity index (χ0) is 12.1. The Labute approximate surface area is 104 Å². The van der Waals surface area contributed by atoms with Gasteiger partial charge in [0.25, 0.3) is 0 Å². The van der Waals surface area contributed by atoms with Gasteiger partial charge in [-0.1, -0.05) is 24.3 Å². The number of likely N-dealkylation sites (N-methyl/N-ethyl adjacent to an activating group) is 1. The molecule has 0 heterocycles. The fraction of sp³-hybridized carbons (Fsp3) is 0.667. The largest absolute Gasteiger partial charge is 0.339 e. The SMILES string of the molecule is CCN(C/C=C/C1CC=CCC1)C(=O)C1CC1. The molecule has 0 radical (unpaired) electrons. The van der Waals surface area contributed by atoms with Crippen molar-refractivity contribution in [1.82, 2.24) is 4.90 Å². The van der Waals surface area contributed by atoms with E-state index in [1.807, 2.05) is 4.90 Å². The molecule has 2 heteroatoms. The van der Waals surface area contributed by atoms with E-state index < -0.39 is 0 Å². The fourth-order valence-corrected chi connectivity index (χ4v) is 2.34. The maximum atomic E-state index is 11.9. The van der Waals surface area contributed by atoms with Crippen molar-refractivity contribution in [2.45, 2.75) is 39.0 Å². The number of hydrogen-bond donors (Lipinski definition) is 0. The van der Waals surface area contributed by atoms with Crippen LogP contribution >= 0.6 is 0 Å². The highest BCUT2D eigenvalue weighted by Gasteiger charge is 2.32. The first-order valence-electron chi connectivity index (χ1n) is 6.91. The second kappa shape index (κ2) is 6.04. The summed E-state index contributed by atoms with van der Waals surface area (Å²) < 4.78 is 0. The molecule has 2 aliphatic rings. The van der Waals surface area contributed by atoms with Crippen LogP contribution in [0.5, 0.6) is 0 Å². The van der Waals surface area contributed by atoms with Crippen LogP contribution in [-0.4, -0.2) is 23.9 Å². The second-order valence-corrected chi connectivity index (χ2v) is 5.12. The average molecular weight is 233 g/mol. The summed E-state index contributed by atoms with van der Waals surface area (Å²) in [5.74, 6) is 1.40. The summed E-state index contributed by atoms with van der Waals surface area (Å²) in [6, 6.07) is 0. The van der Waals surface area contributed by atoms with Gasteiger partial charge in [-0.3, -0.25) is 4.79 Å². The van der Waals surface area contributed by atoms with E-state index in [0.717, 1.165) is 25.9 Å². The number of amides is 1. The molecule has 0 N–H and O–H groups in total. The molecule has 0 aromatic heterocycles. The lowest BCUT2D eigenvalue weighted by Crippen LogP contribution is -2.32. The standard InChI is InChI=1S/C15H23NO/c1-2-16(15(17)14-10-11-14)12-6-9-13-7-4-3-5-8-13/h3-4,6,9,13-14H,2,5,7-8,10-12H2,1H3/b9-6+. The molecule has 0 aliphatic heterocycles. The molecule has 0 bridgehead atoms. The summed E-state index contributed by atoms with van der Waals surface area (Å²) in [5, 5.41) is 0. The highest BCUT2D eigenvalue weighted by Crippen LogP contribution is 2.30. The third-order valence-corrected chi connectivity index (χ3v) is 3.66. The predicted octanol–water partition coefficient (Wildman–Crippen LogP) is 3.16. The highest BCUT2D eigenvalue weighted by molar-refractivity contribution is 5.81. The predicted molar refractivity (Wildman–Crippen MR) is 70.6 cm³/mol. The molecule has 0 aromatic rings.